The van der Waals surface area contributed by atoms with Crippen LogP contribution < -0.4 is 11.1 Å². The first-order valence-corrected chi connectivity index (χ1v) is 7.56. The Morgan fingerprint density at radius 3 is 2.29 bits per heavy atom. The molecule has 0 saturated heterocycles. The maximum Gasteiger partial charge on any atom is 0.231 e. The van der Waals surface area contributed by atoms with Gasteiger partial charge in [0.25, 0.3) is 0 Å². The Balaban J connectivity index is 0.00000264. The molecule has 1 aromatic carbocycles. The van der Waals surface area contributed by atoms with Gasteiger partial charge in [0.15, 0.2) is 0 Å². The molecule has 0 aliphatic rings. The second kappa shape index (κ2) is 10.3. The van der Waals surface area contributed by atoms with Crippen molar-refractivity contribution in [2.45, 2.75) is 33.2 Å². The van der Waals surface area contributed by atoms with Crippen molar-refractivity contribution in [2.75, 3.05) is 11.9 Å². The predicted molar refractivity (Wildman–Crippen MR) is 101 cm³/mol. The summed E-state index contributed by atoms with van der Waals surface area (Å²) in [6.07, 6.45) is 4.65. The highest BCUT2D eigenvalue weighted by Crippen LogP contribution is 2.27. The summed E-state index contributed by atoms with van der Waals surface area (Å²) in [7, 11) is 0. The molecule has 0 atom stereocenters. The van der Waals surface area contributed by atoms with Crippen molar-refractivity contribution in [3.8, 4) is 0 Å². The zero-order valence-corrected chi connectivity index (χ0v) is 15.6. The number of aromatic nitrogens is 3. The number of hydrogen-bond acceptors (Lipinski definition) is 4. The van der Waals surface area contributed by atoms with E-state index in [1.54, 1.807) is 11.0 Å². The average Bonchev–Trinajstić information content (AvgIpc) is 3.04. The van der Waals surface area contributed by atoms with Gasteiger partial charge in [0.2, 0.25) is 5.91 Å². The van der Waals surface area contributed by atoms with Gasteiger partial charge in [-0.2, -0.15) is 5.10 Å². The molecule has 3 N–H and O–H groups in total. The van der Waals surface area contributed by atoms with Gasteiger partial charge in [-0.3, -0.25) is 4.79 Å². The highest BCUT2D eigenvalue weighted by atomic mass is 35.5. The fraction of sp³-hybridized carbons (Fsp3) is 0.438. The summed E-state index contributed by atoms with van der Waals surface area (Å²) in [4.78, 5) is 16.4. The Labute approximate surface area is 155 Å². The lowest BCUT2D eigenvalue weighted by Gasteiger charge is -2.28. The fourth-order valence-corrected chi connectivity index (χ4v) is 2.41. The van der Waals surface area contributed by atoms with Crippen molar-refractivity contribution in [1.29, 1.82) is 0 Å². The Morgan fingerprint density at radius 2 is 1.83 bits per heavy atom. The van der Waals surface area contributed by atoms with E-state index < -0.39 is 5.41 Å². The number of nitrogens with two attached hydrogens (primary N) is 1. The maximum atomic E-state index is 12.5. The molecule has 0 bridgehead atoms. The summed E-state index contributed by atoms with van der Waals surface area (Å²) in [6, 6.07) is 7.74. The molecule has 8 heteroatoms. The van der Waals surface area contributed by atoms with Gasteiger partial charge in [0.1, 0.15) is 12.7 Å². The number of nitrogens with zero attached hydrogens (tertiary/aromatic N) is 3. The van der Waals surface area contributed by atoms with Crippen LogP contribution in [-0.2, 0) is 11.3 Å². The molecule has 0 aliphatic heterocycles. The van der Waals surface area contributed by atoms with E-state index in [4.69, 9.17) is 5.73 Å². The van der Waals surface area contributed by atoms with E-state index in [0.717, 1.165) is 24.1 Å². The molecule has 0 spiro atoms. The van der Waals surface area contributed by atoms with E-state index in [1.807, 2.05) is 38.1 Å². The minimum Gasteiger partial charge on any atom is -0.329 e. The normalized spacial score (nSPS) is 10.5. The van der Waals surface area contributed by atoms with Gasteiger partial charge in [-0.1, -0.05) is 26.0 Å². The van der Waals surface area contributed by atoms with Gasteiger partial charge < -0.3 is 11.1 Å². The summed E-state index contributed by atoms with van der Waals surface area (Å²) in [5.74, 6) is -0.0102. The summed E-state index contributed by atoms with van der Waals surface area (Å²) in [5, 5.41) is 7.04. The van der Waals surface area contributed by atoms with Crippen molar-refractivity contribution < 1.29 is 4.79 Å². The van der Waals surface area contributed by atoms with Gasteiger partial charge in [-0.05, 0) is 30.5 Å². The molecule has 0 aliphatic carbocycles. The lowest BCUT2D eigenvalue weighted by Crippen LogP contribution is -2.41. The highest BCUT2D eigenvalue weighted by Gasteiger charge is 2.33. The van der Waals surface area contributed by atoms with Gasteiger partial charge in [0, 0.05) is 12.2 Å². The van der Waals surface area contributed by atoms with Crippen LogP contribution in [0.2, 0.25) is 0 Å². The van der Waals surface area contributed by atoms with Gasteiger partial charge in [-0.25, -0.2) is 9.67 Å². The topological polar surface area (TPSA) is 85.8 Å². The van der Waals surface area contributed by atoms with Crippen LogP contribution in [0.1, 0.15) is 32.3 Å². The number of halogens is 2. The maximum absolute atomic E-state index is 12.5. The van der Waals surface area contributed by atoms with E-state index in [2.05, 4.69) is 15.4 Å². The number of rotatable bonds is 7. The molecule has 1 heterocycles. The molecule has 0 saturated carbocycles. The Morgan fingerprint density at radius 1 is 1.21 bits per heavy atom. The van der Waals surface area contributed by atoms with Crippen LogP contribution in [0.15, 0.2) is 36.9 Å². The molecule has 2 rings (SSSR count). The minimum absolute atomic E-state index is 0. The van der Waals surface area contributed by atoms with E-state index >= 15 is 0 Å². The third-order valence-corrected chi connectivity index (χ3v) is 4.25. The molecule has 24 heavy (non-hydrogen) atoms. The van der Waals surface area contributed by atoms with Crippen molar-refractivity contribution in [2.24, 2.45) is 11.1 Å². The van der Waals surface area contributed by atoms with Crippen LogP contribution in [0.25, 0.3) is 0 Å². The predicted octanol–water partition coefficient (Wildman–Crippen LogP) is 2.87. The second-order valence-electron chi connectivity index (χ2n) is 5.44. The molecule has 2 aromatic rings. The standard InChI is InChI=1S/C16H23N5O.2ClH/c1-3-16(4-2,10-17)15(22)20-14-7-5-13(6-8-14)9-21-12-18-11-19-21;;/h5-8,11-12H,3-4,9-10,17H2,1-2H3,(H,20,22);2*1H. The van der Waals surface area contributed by atoms with Crippen LogP contribution in [0.4, 0.5) is 5.69 Å². The number of carbonyl (C=O) groups is 1. The molecular formula is C16H25Cl2N5O. The van der Waals surface area contributed by atoms with Crippen LogP contribution >= 0.6 is 24.8 Å². The van der Waals surface area contributed by atoms with Crippen LogP contribution in [-0.4, -0.2) is 27.2 Å². The van der Waals surface area contributed by atoms with Crippen LogP contribution in [0.3, 0.4) is 0 Å². The van der Waals surface area contributed by atoms with Gasteiger partial charge in [-0.15, -0.1) is 24.8 Å². The van der Waals surface area contributed by atoms with Crippen LogP contribution in [0.5, 0.6) is 0 Å². The summed E-state index contributed by atoms with van der Waals surface area (Å²) in [6.45, 7) is 5.01. The average molecular weight is 374 g/mol. The molecule has 0 unspecified atom stereocenters. The second-order valence-corrected chi connectivity index (χ2v) is 5.44. The zero-order chi connectivity index (χ0) is 16.0. The molecule has 1 amide bonds. The summed E-state index contributed by atoms with van der Waals surface area (Å²) < 4.78 is 1.75. The quantitative estimate of drug-likeness (QED) is 0.780. The first kappa shape index (κ1) is 22.4. The molecule has 6 nitrogen and oxygen atoms in total. The van der Waals surface area contributed by atoms with Crippen molar-refractivity contribution in [3.63, 3.8) is 0 Å². The Kier molecular flexibility index (Phi) is 9.58. The number of benzene rings is 1. The largest absolute Gasteiger partial charge is 0.329 e. The summed E-state index contributed by atoms with van der Waals surface area (Å²) in [5.41, 5.74) is 7.20. The molecule has 134 valence electrons. The number of anilines is 1. The molecular weight excluding hydrogens is 349 g/mol. The molecule has 0 radical (unpaired) electrons. The smallest absolute Gasteiger partial charge is 0.231 e. The fourth-order valence-electron chi connectivity index (χ4n) is 2.41. The summed E-state index contributed by atoms with van der Waals surface area (Å²) >= 11 is 0. The third kappa shape index (κ3) is 5.19. The number of nitrogens with one attached hydrogen (secondary N) is 1. The van der Waals surface area contributed by atoms with E-state index in [-0.39, 0.29) is 30.7 Å². The number of carbonyl (C=O) groups excluding carboxylic acids is 1. The third-order valence-electron chi connectivity index (χ3n) is 4.25. The Bertz CT molecular complexity index is 589. The van der Waals surface area contributed by atoms with E-state index in [0.29, 0.717) is 13.1 Å². The Hall–Kier alpha value is -1.63. The lowest BCUT2D eigenvalue weighted by molar-refractivity contribution is -0.125. The highest BCUT2D eigenvalue weighted by molar-refractivity contribution is 5.95. The lowest BCUT2D eigenvalue weighted by atomic mass is 9.81. The monoisotopic (exact) mass is 373 g/mol. The van der Waals surface area contributed by atoms with E-state index in [1.165, 1.54) is 6.33 Å². The minimum atomic E-state index is -0.487. The van der Waals surface area contributed by atoms with Crippen LogP contribution in [0, 0.1) is 5.41 Å². The van der Waals surface area contributed by atoms with Crippen molar-refractivity contribution in [1.82, 2.24) is 14.8 Å². The van der Waals surface area contributed by atoms with Crippen molar-refractivity contribution in [3.05, 3.63) is 42.5 Å². The molecule has 0 fully saturated rings. The van der Waals surface area contributed by atoms with Crippen molar-refractivity contribution >= 4 is 36.4 Å². The zero-order valence-electron chi connectivity index (χ0n) is 13.9. The first-order valence-electron chi connectivity index (χ1n) is 7.56. The first-order chi connectivity index (χ1) is 10.6. The van der Waals surface area contributed by atoms with E-state index in [9.17, 15) is 4.79 Å². The molecule has 1 aromatic heterocycles. The SMILES string of the molecule is CCC(CC)(CN)C(=O)Nc1ccc(Cn2cncn2)cc1.Cl.Cl. The number of amides is 1. The van der Waals surface area contributed by atoms with Gasteiger partial charge >= 0.3 is 0 Å². The van der Waals surface area contributed by atoms with Gasteiger partial charge in [0.05, 0.1) is 12.0 Å². The number of hydrogen-bond donors (Lipinski definition) is 2.